The SMILES string of the molecule is CC(Oc1cccc(C(C)C)c1)C(=O)NCC(C)(O)c1ccco1. The van der Waals surface area contributed by atoms with Gasteiger partial charge in [0.15, 0.2) is 6.10 Å². The highest BCUT2D eigenvalue weighted by Crippen LogP contribution is 2.22. The lowest BCUT2D eigenvalue weighted by Crippen LogP contribution is -2.43. The van der Waals surface area contributed by atoms with Crippen LogP contribution in [-0.2, 0) is 10.4 Å². The van der Waals surface area contributed by atoms with Gasteiger partial charge in [-0.05, 0) is 49.6 Å². The molecule has 24 heavy (non-hydrogen) atoms. The number of benzene rings is 1. The molecule has 0 saturated heterocycles. The van der Waals surface area contributed by atoms with E-state index in [0.717, 1.165) is 5.56 Å². The number of carbonyl (C=O) groups excluding carboxylic acids is 1. The highest BCUT2D eigenvalue weighted by Gasteiger charge is 2.28. The standard InChI is InChI=1S/C19H25NO4/c1-13(2)15-7-5-8-16(11-15)24-14(3)18(21)20-12-19(4,22)17-9-6-10-23-17/h5-11,13-14,22H,12H2,1-4H3,(H,20,21). The second-order valence-corrected chi connectivity index (χ2v) is 6.46. The van der Waals surface area contributed by atoms with Crippen LogP contribution in [0, 0.1) is 0 Å². The zero-order chi connectivity index (χ0) is 17.7. The third kappa shape index (κ3) is 4.61. The van der Waals surface area contributed by atoms with Crippen molar-refractivity contribution in [3.05, 3.63) is 54.0 Å². The first-order valence-corrected chi connectivity index (χ1v) is 8.10. The number of rotatable bonds is 7. The van der Waals surface area contributed by atoms with E-state index in [2.05, 4.69) is 19.2 Å². The molecule has 130 valence electrons. The molecule has 0 spiro atoms. The zero-order valence-corrected chi connectivity index (χ0v) is 14.6. The van der Waals surface area contributed by atoms with Crippen LogP contribution in [0.25, 0.3) is 0 Å². The van der Waals surface area contributed by atoms with Gasteiger partial charge in [-0.2, -0.15) is 0 Å². The molecule has 1 aromatic heterocycles. The van der Waals surface area contributed by atoms with E-state index in [1.165, 1.54) is 6.26 Å². The van der Waals surface area contributed by atoms with Crippen molar-refractivity contribution in [3.8, 4) is 5.75 Å². The first-order chi connectivity index (χ1) is 11.3. The van der Waals surface area contributed by atoms with Crippen LogP contribution in [0.3, 0.4) is 0 Å². The van der Waals surface area contributed by atoms with Gasteiger partial charge in [-0.25, -0.2) is 0 Å². The van der Waals surface area contributed by atoms with Gasteiger partial charge >= 0.3 is 0 Å². The van der Waals surface area contributed by atoms with Gasteiger partial charge in [0.1, 0.15) is 17.1 Å². The van der Waals surface area contributed by atoms with Crippen molar-refractivity contribution in [1.82, 2.24) is 5.32 Å². The molecule has 1 amide bonds. The van der Waals surface area contributed by atoms with Crippen LogP contribution in [0.15, 0.2) is 47.1 Å². The summed E-state index contributed by atoms with van der Waals surface area (Å²) in [4.78, 5) is 12.2. The normalized spacial score (nSPS) is 14.9. The second-order valence-electron chi connectivity index (χ2n) is 6.46. The number of nitrogens with one attached hydrogen (secondary N) is 1. The summed E-state index contributed by atoms with van der Waals surface area (Å²) >= 11 is 0. The molecule has 2 unspecified atom stereocenters. The fourth-order valence-corrected chi connectivity index (χ4v) is 2.28. The minimum atomic E-state index is -1.27. The number of carbonyl (C=O) groups is 1. The topological polar surface area (TPSA) is 71.7 Å². The Kier molecular flexibility index (Phi) is 5.67. The first-order valence-electron chi connectivity index (χ1n) is 8.10. The van der Waals surface area contributed by atoms with Gasteiger partial charge in [0.25, 0.3) is 5.91 Å². The molecule has 0 fully saturated rings. The predicted molar refractivity (Wildman–Crippen MR) is 91.9 cm³/mol. The molecule has 0 bridgehead atoms. The lowest BCUT2D eigenvalue weighted by Gasteiger charge is -2.22. The first kappa shape index (κ1) is 18.1. The average Bonchev–Trinajstić information content (AvgIpc) is 3.08. The van der Waals surface area contributed by atoms with E-state index < -0.39 is 11.7 Å². The van der Waals surface area contributed by atoms with Gasteiger partial charge in [0.05, 0.1) is 12.8 Å². The van der Waals surface area contributed by atoms with E-state index >= 15 is 0 Å². The van der Waals surface area contributed by atoms with Gasteiger partial charge in [0.2, 0.25) is 0 Å². The molecule has 5 heteroatoms. The van der Waals surface area contributed by atoms with Gasteiger partial charge in [-0.3, -0.25) is 4.79 Å². The third-order valence-corrected chi connectivity index (χ3v) is 3.87. The molecule has 2 rings (SSSR count). The quantitative estimate of drug-likeness (QED) is 0.817. The predicted octanol–water partition coefficient (Wildman–Crippen LogP) is 3.19. The Morgan fingerprint density at radius 1 is 1.29 bits per heavy atom. The van der Waals surface area contributed by atoms with Crippen molar-refractivity contribution in [1.29, 1.82) is 0 Å². The van der Waals surface area contributed by atoms with Crippen molar-refractivity contribution in [3.63, 3.8) is 0 Å². The maximum atomic E-state index is 12.2. The van der Waals surface area contributed by atoms with Crippen LogP contribution < -0.4 is 10.1 Å². The third-order valence-electron chi connectivity index (χ3n) is 3.87. The number of hydrogen-bond acceptors (Lipinski definition) is 4. The molecule has 2 N–H and O–H groups in total. The van der Waals surface area contributed by atoms with Crippen molar-refractivity contribution < 1.29 is 19.1 Å². The fourth-order valence-electron chi connectivity index (χ4n) is 2.28. The largest absolute Gasteiger partial charge is 0.481 e. The fraction of sp³-hybridized carbons (Fsp3) is 0.421. The second kappa shape index (κ2) is 7.53. The summed E-state index contributed by atoms with van der Waals surface area (Å²) in [5, 5.41) is 13.0. The summed E-state index contributed by atoms with van der Waals surface area (Å²) in [5.74, 6) is 1.15. The monoisotopic (exact) mass is 331 g/mol. The molecule has 2 atom stereocenters. The van der Waals surface area contributed by atoms with E-state index in [1.807, 2.05) is 24.3 Å². The Morgan fingerprint density at radius 3 is 2.67 bits per heavy atom. The number of aliphatic hydroxyl groups is 1. The molecule has 1 heterocycles. The van der Waals surface area contributed by atoms with Crippen molar-refractivity contribution in [2.75, 3.05) is 6.54 Å². The van der Waals surface area contributed by atoms with E-state index in [9.17, 15) is 9.90 Å². The Morgan fingerprint density at radius 2 is 2.04 bits per heavy atom. The van der Waals surface area contributed by atoms with Gasteiger partial charge < -0.3 is 19.6 Å². The summed E-state index contributed by atoms with van der Waals surface area (Å²) in [6.45, 7) is 7.51. The molecule has 0 aliphatic carbocycles. The van der Waals surface area contributed by atoms with E-state index in [4.69, 9.17) is 9.15 Å². The zero-order valence-electron chi connectivity index (χ0n) is 14.6. The molecule has 0 saturated carbocycles. The van der Waals surface area contributed by atoms with Crippen LogP contribution in [0.2, 0.25) is 0 Å². The molecular formula is C19H25NO4. The van der Waals surface area contributed by atoms with E-state index in [0.29, 0.717) is 17.4 Å². The lowest BCUT2D eigenvalue weighted by atomic mass is 10.0. The number of amides is 1. The minimum absolute atomic E-state index is 0.0408. The van der Waals surface area contributed by atoms with Crippen LogP contribution in [0.5, 0.6) is 5.75 Å². The molecule has 0 aliphatic heterocycles. The summed E-state index contributed by atoms with van der Waals surface area (Å²) in [6.07, 6.45) is 0.818. The molecular weight excluding hydrogens is 306 g/mol. The number of ether oxygens (including phenoxy) is 1. The van der Waals surface area contributed by atoms with Crippen LogP contribution in [0.4, 0.5) is 0 Å². The molecule has 0 radical (unpaired) electrons. The van der Waals surface area contributed by atoms with Gasteiger partial charge in [-0.1, -0.05) is 26.0 Å². The lowest BCUT2D eigenvalue weighted by molar-refractivity contribution is -0.128. The molecule has 1 aromatic carbocycles. The smallest absolute Gasteiger partial charge is 0.260 e. The van der Waals surface area contributed by atoms with Crippen molar-refractivity contribution >= 4 is 5.91 Å². The molecule has 2 aromatic rings. The van der Waals surface area contributed by atoms with Crippen LogP contribution in [0.1, 0.15) is 44.9 Å². The van der Waals surface area contributed by atoms with Gasteiger partial charge in [0, 0.05) is 0 Å². The maximum Gasteiger partial charge on any atom is 0.260 e. The van der Waals surface area contributed by atoms with Crippen molar-refractivity contribution in [2.24, 2.45) is 0 Å². The van der Waals surface area contributed by atoms with Gasteiger partial charge in [-0.15, -0.1) is 0 Å². The van der Waals surface area contributed by atoms with Crippen LogP contribution in [-0.4, -0.2) is 23.7 Å². The Balaban J connectivity index is 1.92. The Hall–Kier alpha value is -2.27. The number of hydrogen-bond donors (Lipinski definition) is 2. The highest BCUT2D eigenvalue weighted by molar-refractivity contribution is 5.80. The summed E-state index contributed by atoms with van der Waals surface area (Å²) in [7, 11) is 0. The Labute approximate surface area is 142 Å². The minimum Gasteiger partial charge on any atom is -0.481 e. The number of furan rings is 1. The van der Waals surface area contributed by atoms with E-state index in [-0.39, 0.29) is 12.5 Å². The summed E-state index contributed by atoms with van der Waals surface area (Å²) < 4.78 is 10.9. The highest BCUT2D eigenvalue weighted by atomic mass is 16.5. The van der Waals surface area contributed by atoms with Crippen LogP contribution >= 0.6 is 0 Å². The van der Waals surface area contributed by atoms with E-state index in [1.54, 1.807) is 26.0 Å². The summed E-state index contributed by atoms with van der Waals surface area (Å²) in [6, 6.07) is 11.1. The van der Waals surface area contributed by atoms with Crippen molar-refractivity contribution in [2.45, 2.75) is 45.3 Å². The Bertz CT molecular complexity index is 662. The molecule has 0 aliphatic rings. The average molecular weight is 331 g/mol. The molecule has 5 nitrogen and oxygen atoms in total. The summed E-state index contributed by atoms with van der Waals surface area (Å²) in [5.41, 5.74) is -0.114. The maximum absolute atomic E-state index is 12.2.